The number of ether oxygens (including phenoxy) is 1. The number of halogens is 2. The minimum atomic E-state index is -0.223. The van der Waals surface area contributed by atoms with E-state index in [1.807, 2.05) is 24.3 Å². The molecular weight excluding hydrogens is 476 g/mol. The molecule has 2 atom stereocenters. The molecule has 26 heavy (non-hydrogen) atoms. The molecule has 1 aromatic heterocycles. The molecule has 0 unspecified atom stereocenters. The standard InChI is InChI=1S/C20H14Br2N2OS/c21-13-5-3-12(4-6-13)20-24-17(11-16(23-24)19-2-1-9-26-19)15-10-14(22)7-8-18(15)25-20/h1-10,17,20H,11H2/t17-,20+/m1/s1. The normalized spacial score (nSPS) is 21.0. The Morgan fingerprint density at radius 2 is 1.85 bits per heavy atom. The van der Waals surface area contributed by atoms with Gasteiger partial charge in [0, 0.05) is 26.5 Å². The maximum Gasteiger partial charge on any atom is 0.213 e. The molecule has 3 aromatic rings. The summed E-state index contributed by atoms with van der Waals surface area (Å²) < 4.78 is 8.50. The highest BCUT2D eigenvalue weighted by molar-refractivity contribution is 9.10. The van der Waals surface area contributed by atoms with Crippen molar-refractivity contribution >= 4 is 48.9 Å². The second kappa shape index (κ2) is 6.51. The van der Waals surface area contributed by atoms with Crippen LogP contribution < -0.4 is 4.74 Å². The molecule has 0 amide bonds. The fourth-order valence-electron chi connectivity index (χ4n) is 3.50. The van der Waals surface area contributed by atoms with Gasteiger partial charge < -0.3 is 4.74 Å². The minimum absolute atomic E-state index is 0.182. The second-order valence-electron chi connectivity index (χ2n) is 6.33. The molecule has 0 saturated carbocycles. The molecule has 2 aliphatic heterocycles. The zero-order chi connectivity index (χ0) is 17.7. The number of benzene rings is 2. The number of hydrogen-bond acceptors (Lipinski definition) is 4. The smallest absolute Gasteiger partial charge is 0.213 e. The lowest BCUT2D eigenvalue weighted by atomic mass is 9.98. The topological polar surface area (TPSA) is 24.8 Å². The van der Waals surface area contributed by atoms with Gasteiger partial charge in [0.05, 0.1) is 16.6 Å². The Kier molecular flexibility index (Phi) is 4.14. The quantitative estimate of drug-likeness (QED) is 0.409. The molecule has 0 aliphatic carbocycles. The predicted octanol–water partition coefficient (Wildman–Crippen LogP) is 6.52. The Morgan fingerprint density at radius 1 is 1.04 bits per heavy atom. The van der Waals surface area contributed by atoms with Gasteiger partial charge in [0.15, 0.2) is 0 Å². The highest BCUT2D eigenvalue weighted by Crippen LogP contribution is 2.48. The number of nitrogens with zero attached hydrogens (tertiary/aromatic N) is 2. The van der Waals surface area contributed by atoms with Crippen LogP contribution in [0.3, 0.4) is 0 Å². The van der Waals surface area contributed by atoms with Crippen LogP contribution in [0.25, 0.3) is 0 Å². The van der Waals surface area contributed by atoms with Crippen molar-refractivity contribution in [3.63, 3.8) is 0 Å². The van der Waals surface area contributed by atoms with Crippen molar-refractivity contribution in [2.24, 2.45) is 5.10 Å². The predicted molar refractivity (Wildman–Crippen MR) is 112 cm³/mol. The first-order valence-electron chi connectivity index (χ1n) is 8.30. The summed E-state index contributed by atoms with van der Waals surface area (Å²) >= 11 is 8.84. The Balaban J connectivity index is 1.61. The van der Waals surface area contributed by atoms with E-state index >= 15 is 0 Å². The third kappa shape index (κ3) is 2.80. The summed E-state index contributed by atoms with van der Waals surface area (Å²) in [6, 6.07) is 18.9. The van der Waals surface area contributed by atoms with Gasteiger partial charge in [-0.1, -0.05) is 50.1 Å². The Labute approximate surface area is 172 Å². The zero-order valence-corrected chi connectivity index (χ0v) is 17.6. The first-order valence-corrected chi connectivity index (χ1v) is 10.8. The third-order valence-corrected chi connectivity index (χ3v) is 6.65. The monoisotopic (exact) mass is 488 g/mol. The summed E-state index contributed by atoms with van der Waals surface area (Å²) in [7, 11) is 0. The van der Waals surface area contributed by atoms with Crippen LogP contribution in [0.2, 0.25) is 0 Å². The zero-order valence-electron chi connectivity index (χ0n) is 13.6. The molecule has 0 fully saturated rings. The molecule has 3 nitrogen and oxygen atoms in total. The molecule has 3 heterocycles. The van der Waals surface area contributed by atoms with E-state index in [2.05, 4.69) is 72.6 Å². The summed E-state index contributed by atoms with van der Waals surface area (Å²) in [4.78, 5) is 1.23. The Hall–Kier alpha value is -1.63. The van der Waals surface area contributed by atoms with Crippen molar-refractivity contribution < 1.29 is 4.74 Å². The fourth-order valence-corrected chi connectivity index (χ4v) is 4.86. The van der Waals surface area contributed by atoms with Crippen LogP contribution in [-0.2, 0) is 0 Å². The molecule has 5 rings (SSSR count). The molecule has 6 heteroatoms. The molecule has 130 valence electrons. The van der Waals surface area contributed by atoms with E-state index < -0.39 is 0 Å². The van der Waals surface area contributed by atoms with E-state index in [9.17, 15) is 0 Å². The average Bonchev–Trinajstić information content (AvgIpc) is 3.32. The van der Waals surface area contributed by atoms with Gasteiger partial charge in [0.2, 0.25) is 6.23 Å². The van der Waals surface area contributed by atoms with Crippen LogP contribution in [0.1, 0.15) is 34.7 Å². The first-order chi connectivity index (χ1) is 12.7. The van der Waals surface area contributed by atoms with Gasteiger partial charge in [-0.05, 0) is 41.8 Å². The van der Waals surface area contributed by atoms with Crippen LogP contribution in [0.5, 0.6) is 5.75 Å². The molecule has 0 radical (unpaired) electrons. The number of hydrogen-bond donors (Lipinski definition) is 0. The maximum absolute atomic E-state index is 6.38. The lowest BCUT2D eigenvalue weighted by Gasteiger charge is -2.38. The number of thiophene rings is 1. The number of fused-ring (bicyclic) bond motifs is 3. The SMILES string of the molecule is Brc1ccc([C@@H]2Oc3ccc(Br)cc3[C@H]3CC(c4cccs4)=NN32)cc1. The third-order valence-electron chi connectivity index (χ3n) is 4.71. The summed E-state index contributed by atoms with van der Waals surface area (Å²) in [5, 5.41) is 9.19. The number of rotatable bonds is 2. The molecule has 0 spiro atoms. The summed E-state index contributed by atoms with van der Waals surface area (Å²) in [6.45, 7) is 0. The van der Waals surface area contributed by atoms with E-state index in [4.69, 9.17) is 9.84 Å². The Morgan fingerprint density at radius 3 is 2.62 bits per heavy atom. The van der Waals surface area contributed by atoms with Gasteiger partial charge >= 0.3 is 0 Å². The van der Waals surface area contributed by atoms with E-state index in [1.54, 1.807) is 11.3 Å². The average molecular weight is 490 g/mol. The van der Waals surface area contributed by atoms with Gasteiger partial charge in [-0.25, -0.2) is 5.01 Å². The van der Waals surface area contributed by atoms with Crippen molar-refractivity contribution in [2.75, 3.05) is 0 Å². The lowest BCUT2D eigenvalue weighted by Crippen LogP contribution is -2.33. The van der Waals surface area contributed by atoms with Gasteiger partial charge in [-0.3, -0.25) is 0 Å². The van der Waals surface area contributed by atoms with Gasteiger partial charge in [-0.15, -0.1) is 11.3 Å². The molecular formula is C20H14Br2N2OS. The highest BCUT2D eigenvalue weighted by atomic mass is 79.9. The molecule has 0 N–H and O–H groups in total. The van der Waals surface area contributed by atoms with Crippen LogP contribution >= 0.6 is 43.2 Å². The minimum Gasteiger partial charge on any atom is -0.464 e. The largest absolute Gasteiger partial charge is 0.464 e. The summed E-state index contributed by atoms with van der Waals surface area (Å²) in [5.74, 6) is 0.935. The fraction of sp³-hybridized carbons (Fsp3) is 0.150. The van der Waals surface area contributed by atoms with E-state index in [0.29, 0.717) is 0 Å². The first kappa shape index (κ1) is 16.5. The maximum atomic E-state index is 6.38. The summed E-state index contributed by atoms with van der Waals surface area (Å²) in [5.41, 5.74) is 3.41. The molecule has 0 saturated heterocycles. The molecule has 0 bridgehead atoms. The van der Waals surface area contributed by atoms with Crippen molar-refractivity contribution in [2.45, 2.75) is 18.7 Å². The van der Waals surface area contributed by atoms with Crippen LogP contribution in [0.4, 0.5) is 0 Å². The van der Waals surface area contributed by atoms with Gasteiger partial charge in [0.25, 0.3) is 0 Å². The lowest BCUT2D eigenvalue weighted by molar-refractivity contribution is -0.0190. The van der Waals surface area contributed by atoms with E-state index in [-0.39, 0.29) is 12.3 Å². The van der Waals surface area contributed by atoms with Gasteiger partial charge in [-0.2, -0.15) is 5.10 Å². The van der Waals surface area contributed by atoms with Crippen molar-refractivity contribution in [3.8, 4) is 5.75 Å². The molecule has 2 aliphatic rings. The number of hydrazone groups is 1. The van der Waals surface area contributed by atoms with E-state index in [1.165, 1.54) is 10.4 Å². The van der Waals surface area contributed by atoms with Crippen LogP contribution in [0, 0.1) is 0 Å². The highest BCUT2D eigenvalue weighted by Gasteiger charge is 2.41. The Bertz CT molecular complexity index is 986. The second-order valence-corrected chi connectivity index (χ2v) is 9.11. The van der Waals surface area contributed by atoms with Crippen molar-refractivity contribution in [1.29, 1.82) is 0 Å². The van der Waals surface area contributed by atoms with E-state index in [0.717, 1.165) is 32.4 Å². The van der Waals surface area contributed by atoms with Crippen LogP contribution in [-0.4, -0.2) is 10.7 Å². The summed E-state index contributed by atoms with van der Waals surface area (Å²) in [6.07, 6.45) is 0.666. The van der Waals surface area contributed by atoms with Crippen LogP contribution in [0.15, 0.2) is 74.0 Å². The molecule has 2 aromatic carbocycles. The van der Waals surface area contributed by atoms with Gasteiger partial charge in [0.1, 0.15) is 5.75 Å². The van der Waals surface area contributed by atoms with Crippen molar-refractivity contribution in [3.05, 3.63) is 84.9 Å². The van der Waals surface area contributed by atoms with Crippen molar-refractivity contribution in [1.82, 2.24) is 5.01 Å².